The Morgan fingerprint density at radius 2 is 1.80 bits per heavy atom. The third kappa shape index (κ3) is 5.77. The highest BCUT2D eigenvalue weighted by Crippen LogP contribution is 2.11. The van der Waals surface area contributed by atoms with Crippen LogP contribution < -0.4 is 10.6 Å². The Balaban J connectivity index is 1.70. The molecule has 136 valence electrons. The number of ether oxygens (including phenoxy) is 1. The summed E-state index contributed by atoms with van der Waals surface area (Å²) in [7, 11) is 0. The molecular formula is C18H25N3O4. The molecule has 1 saturated heterocycles. The van der Waals surface area contributed by atoms with Gasteiger partial charge in [0, 0.05) is 24.7 Å². The maximum absolute atomic E-state index is 12.0. The van der Waals surface area contributed by atoms with E-state index in [0.717, 1.165) is 5.56 Å². The number of piperidine rings is 1. The third-order valence-electron chi connectivity index (χ3n) is 4.11. The smallest absolute Gasteiger partial charge is 0.409 e. The fourth-order valence-electron chi connectivity index (χ4n) is 2.67. The SMILES string of the molecule is CCOC(=O)N1CCC(NC(=O)CNC(=O)c2ccc(C)cc2)CC1. The quantitative estimate of drug-likeness (QED) is 0.844. The number of rotatable bonds is 5. The van der Waals surface area contributed by atoms with Crippen LogP contribution in [0.25, 0.3) is 0 Å². The van der Waals surface area contributed by atoms with E-state index in [1.165, 1.54) is 0 Å². The Morgan fingerprint density at radius 3 is 2.40 bits per heavy atom. The van der Waals surface area contributed by atoms with Crippen molar-refractivity contribution in [2.75, 3.05) is 26.2 Å². The number of likely N-dealkylation sites (tertiary alicyclic amines) is 1. The topological polar surface area (TPSA) is 87.7 Å². The highest BCUT2D eigenvalue weighted by Gasteiger charge is 2.24. The molecule has 2 N–H and O–H groups in total. The van der Waals surface area contributed by atoms with E-state index in [1.54, 1.807) is 24.0 Å². The van der Waals surface area contributed by atoms with Crippen LogP contribution in [0.4, 0.5) is 4.79 Å². The van der Waals surface area contributed by atoms with E-state index in [4.69, 9.17) is 4.74 Å². The number of benzene rings is 1. The number of aryl methyl sites for hydroxylation is 1. The van der Waals surface area contributed by atoms with Crippen LogP contribution in [0.2, 0.25) is 0 Å². The van der Waals surface area contributed by atoms with Crippen molar-refractivity contribution in [3.05, 3.63) is 35.4 Å². The summed E-state index contributed by atoms with van der Waals surface area (Å²) in [4.78, 5) is 37.2. The summed E-state index contributed by atoms with van der Waals surface area (Å²) in [5.74, 6) is -0.498. The minimum atomic E-state index is -0.308. The summed E-state index contributed by atoms with van der Waals surface area (Å²) in [6.45, 7) is 5.12. The molecule has 0 saturated carbocycles. The van der Waals surface area contributed by atoms with Crippen LogP contribution in [0.3, 0.4) is 0 Å². The maximum atomic E-state index is 12.0. The first-order valence-electron chi connectivity index (χ1n) is 8.55. The molecule has 1 aromatic carbocycles. The van der Waals surface area contributed by atoms with Crippen LogP contribution in [-0.2, 0) is 9.53 Å². The van der Waals surface area contributed by atoms with Gasteiger partial charge in [0.2, 0.25) is 5.91 Å². The van der Waals surface area contributed by atoms with Crippen LogP contribution in [-0.4, -0.2) is 55.1 Å². The van der Waals surface area contributed by atoms with Crippen molar-refractivity contribution >= 4 is 17.9 Å². The van der Waals surface area contributed by atoms with E-state index in [2.05, 4.69) is 10.6 Å². The first-order valence-corrected chi connectivity index (χ1v) is 8.55. The van der Waals surface area contributed by atoms with Gasteiger partial charge in [-0.15, -0.1) is 0 Å². The first kappa shape index (κ1) is 18.8. The van der Waals surface area contributed by atoms with Crippen molar-refractivity contribution in [1.29, 1.82) is 0 Å². The van der Waals surface area contributed by atoms with Gasteiger partial charge in [0.25, 0.3) is 5.91 Å². The summed E-state index contributed by atoms with van der Waals surface area (Å²) in [5, 5.41) is 5.51. The summed E-state index contributed by atoms with van der Waals surface area (Å²) in [5.41, 5.74) is 1.60. The molecule has 1 fully saturated rings. The molecule has 0 atom stereocenters. The lowest BCUT2D eigenvalue weighted by atomic mass is 10.1. The predicted molar refractivity (Wildman–Crippen MR) is 93.3 cm³/mol. The Kier molecular flexibility index (Phi) is 6.80. The molecule has 7 nitrogen and oxygen atoms in total. The van der Waals surface area contributed by atoms with Gasteiger partial charge in [-0.25, -0.2) is 4.79 Å². The van der Waals surface area contributed by atoms with Crippen LogP contribution in [0.5, 0.6) is 0 Å². The number of amides is 3. The largest absolute Gasteiger partial charge is 0.450 e. The van der Waals surface area contributed by atoms with Gasteiger partial charge in [-0.2, -0.15) is 0 Å². The van der Waals surface area contributed by atoms with Gasteiger partial charge in [-0.3, -0.25) is 9.59 Å². The molecule has 0 radical (unpaired) electrons. The lowest BCUT2D eigenvalue weighted by Crippen LogP contribution is -2.48. The fourth-order valence-corrected chi connectivity index (χ4v) is 2.67. The molecule has 0 bridgehead atoms. The molecule has 1 aliphatic rings. The van der Waals surface area contributed by atoms with Gasteiger partial charge in [0.15, 0.2) is 0 Å². The molecule has 0 aliphatic carbocycles. The van der Waals surface area contributed by atoms with Crippen LogP contribution in [0.1, 0.15) is 35.7 Å². The van der Waals surface area contributed by atoms with Gasteiger partial charge in [-0.1, -0.05) is 17.7 Å². The molecule has 0 spiro atoms. The molecule has 0 aromatic heterocycles. The van der Waals surface area contributed by atoms with Gasteiger partial charge >= 0.3 is 6.09 Å². The van der Waals surface area contributed by atoms with Crippen molar-refractivity contribution in [2.45, 2.75) is 32.7 Å². The average Bonchev–Trinajstić information content (AvgIpc) is 2.61. The minimum absolute atomic E-state index is 0.00875. The van der Waals surface area contributed by atoms with Crippen LogP contribution >= 0.6 is 0 Å². The highest BCUT2D eigenvalue weighted by atomic mass is 16.6. The van der Waals surface area contributed by atoms with Crippen LogP contribution in [0, 0.1) is 6.92 Å². The second-order valence-corrected chi connectivity index (χ2v) is 6.08. The van der Waals surface area contributed by atoms with Crippen molar-refractivity contribution in [3.8, 4) is 0 Å². The van der Waals surface area contributed by atoms with Gasteiger partial charge in [-0.05, 0) is 38.8 Å². The summed E-state index contributed by atoms with van der Waals surface area (Å²) in [6.07, 6.45) is 1.05. The van der Waals surface area contributed by atoms with E-state index in [1.807, 2.05) is 19.1 Å². The Labute approximate surface area is 147 Å². The second-order valence-electron chi connectivity index (χ2n) is 6.08. The zero-order valence-electron chi connectivity index (χ0n) is 14.7. The summed E-state index contributed by atoms with van der Waals surface area (Å²) in [6, 6.07) is 7.18. The lowest BCUT2D eigenvalue weighted by molar-refractivity contribution is -0.121. The van der Waals surface area contributed by atoms with E-state index < -0.39 is 0 Å². The normalized spacial score (nSPS) is 14.7. The van der Waals surface area contributed by atoms with Crippen molar-refractivity contribution in [3.63, 3.8) is 0 Å². The number of hydrogen-bond acceptors (Lipinski definition) is 4. The lowest BCUT2D eigenvalue weighted by Gasteiger charge is -2.31. The third-order valence-corrected chi connectivity index (χ3v) is 4.11. The predicted octanol–water partition coefficient (Wildman–Crippen LogP) is 1.46. The molecule has 2 rings (SSSR count). The molecule has 1 aliphatic heterocycles. The Morgan fingerprint density at radius 1 is 1.16 bits per heavy atom. The Hall–Kier alpha value is -2.57. The van der Waals surface area contributed by atoms with E-state index in [0.29, 0.717) is 38.1 Å². The number of nitrogens with one attached hydrogen (secondary N) is 2. The van der Waals surface area contributed by atoms with E-state index in [-0.39, 0.29) is 30.5 Å². The fraction of sp³-hybridized carbons (Fsp3) is 0.500. The summed E-state index contributed by atoms with van der Waals surface area (Å²) >= 11 is 0. The Bertz CT molecular complexity index is 607. The van der Waals surface area contributed by atoms with E-state index >= 15 is 0 Å². The van der Waals surface area contributed by atoms with Crippen molar-refractivity contribution in [2.24, 2.45) is 0 Å². The molecule has 0 unspecified atom stereocenters. The summed E-state index contributed by atoms with van der Waals surface area (Å²) < 4.78 is 4.96. The van der Waals surface area contributed by atoms with Gasteiger partial charge in [0.05, 0.1) is 13.2 Å². The number of carbonyl (C=O) groups is 3. The van der Waals surface area contributed by atoms with Crippen molar-refractivity contribution < 1.29 is 19.1 Å². The zero-order chi connectivity index (χ0) is 18.2. The second kappa shape index (κ2) is 9.05. The number of nitrogens with zero attached hydrogens (tertiary/aromatic N) is 1. The van der Waals surface area contributed by atoms with Gasteiger partial charge < -0.3 is 20.3 Å². The first-order chi connectivity index (χ1) is 12.0. The average molecular weight is 347 g/mol. The van der Waals surface area contributed by atoms with E-state index in [9.17, 15) is 14.4 Å². The van der Waals surface area contributed by atoms with Crippen molar-refractivity contribution in [1.82, 2.24) is 15.5 Å². The van der Waals surface area contributed by atoms with Crippen LogP contribution in [0.15, 0.2) is 24.3 Å². The zero-order valence-corrected chi connectivity index (χ0v) is 14.7. The molecule has 3 amide bonds. The number of hydrogen-bond donors (Lipinski definition) is 2. The minimum Gasteiger partial charge on any atom is -0.450 e. The molecule has 7 heteroatoms. The molecule has 25 heavy (non-hydrogen) atoms. The standard InChI is InChI=1S/C18H25N3O4/c1-3-25-18(24)21-10-8-15(9-11-21)20-16(22)12-19-17(23)14-6-4-13(2)5-7-14/h4-7,15H,3,8-12H2,1-2H3,(H,19,23)(H,20,22). The maximum Gasteiger partial charge on any atom is 0.409 e. The molecule has 1 heterocycles. The molecule has 1 aromatic rings. The number of carbonyl (C=O) groups excluding carboxylic acids is 3. The monoisotopic (exact) mass is 347 g/mol. The van der Waals surface area contributed by atoms with Gasteiger partial charge in [0.1, 0.15) is 0 Å². The highest BCUT2D eigenvalue weighted by molar-refractivity contribution is 5.96. The molecular weight excluding hydrogens is 322 g/mol.